The molecule has 19 heavy (non-hydrogen) atoms. The molecule has 0 saturated carbocycles. The quantitative estimate of drug-likeness (QED) is 0.481. The van der Waals surface area contributed by atoms with Crippen LogP contribution in [0.1, 0.15) is 17.2 Å². The molecular weight excluding hydrogens is 280 g/mol. The molecular formula is C14H13ClN2OS. The van der Waals surface area contributed by atoms with Crippen molar-refractivity contribution in [3.8, 4) is 0 Å². The lowest BCUT2D eigenvalue weighted by Crippen LogP contribution is -2.06. The van der Waals surface area contributed by atoms with Gasteiger partial charge < -0.3 is 4.79 Å². The summed E-state index contributed by atoms with van der Waals surface area (Å²) in [5.41, 5.74) is 1.81. The van der Waals surface area contributed by atoms with Gasteiger partial charge in [-0.3, -0.25) is 0 Å². The Morgan fingerprint density at radius 1 is 1.32 bits per heavy atom. The maximum absolute atomic E-state index is 11.3. The average Bonchev–Trinajstić information content (AvgIpc) is 2.46. The number of thioether (sulfide) groups is 1. The number of halogens is 1. The Morgan fingerprint density at radius 2 is 2.05 bits per heavy atom. The van der Waals surface area contributed by atoms with E-state index >= 15 is 0 Å². The number of hydrogen-bond donors (Lipinski definition) is 0. The minimum Gasteiger partial charge on any atom is -0.303 e. The highest BCUT2D eigenvalue weighted by Gasteiger charge is 2.12. The first-order chi connectivity index (χ1) is 9.22. The van der Waals surface area contributed by atoms with E-state index in [0.29, 0.717) is 11.4 Å². The number of carbonyl (C=O) groups is 1. The highest BCUT2D eigenvalue weighted by Crippen LogP contribution is 2.21. The molecule has 0 aliphatic heterocycles. The first kappa shape index (κ1) is 14.0. The van der Waals surface area contributed by atoms with E-state index in [0.717, 1.165) is 22.7 Å². The van der Waals surface area contributed by atoms with E-state index in [1.54, 1.807) is 18.3 Å². The summed E-state index contributed by atoms with van der Waals surface area (Å²) in [6, 6.07) is 9.17. The number of benzene rings is 1. The number of rotatable bonds is 5. The predicted octanol–water partition coefficient (Wildman–Crippen LogP) is 3.38. The van der Waals surface area contributed by atoms with Gasteiger partial charge in [0.1, 0.15) is 6.29 Å². The van der Waals surface area contributed by atoms with Gasteiger partial charge in [0.2, 0.25) is 0 Å². The van der Waals surface area contributed by atoms with Crippen LogP contribution in [-0.2, 0) is 11.2 Å². The lowest BCUT2D eigenvalue weighted by molar-refractivity contribution is -0.109. The van der Waals surface area contributed by atoms with Gasteiger partial charge in [0, 0.05) is 29.3 Å². The van der Waals surface area contributed by atoms with Crippen molar-refractivity contribution in [3.05, 3.63) is 52.8 Å². The first-order valence-corrected chi connectivity index (χ1v) is 7.40. The molecule has 0 radical (unpaired) electrons. The van der Waals surface area contributed by atoms with Crippen molar-refractivity contribution in [1.29, 1.82) is 0 Å². The van der Waals surface area contributed by atoms with Crippen LogP contribution in [0.25, 0.3) is 0 Å². The monoisotopic (exact) mass is 292 g/mol. The highest BCUT2D eigenvalue weighted by atomic mass is 35.5. The SMILES string of the molecule is CSc1nccc(CC(C=O)c2ccc(Cl)cc2)n1. The fraction of sp³-hybridized carbons (Fsp3) is 0.214. The normalized spacial score (nSPS) is 12.1. The van der Waals surface area contributed by atoms with Crippen LogP contribution in [0.4, 0.5) is 0 Å². The van der Waals surface area contributed by atoms with Gasteiger partial charge in [-0.15, -0.1) is 0 Å². The molecule has 5 heteroatoms. The van der Waals surface area contributed by atoms with Gasteiger partial charge in [-0.25, -0.2) is 9.97 Å². The van der Waals surface area contributed by atoms with E-state index in [2.05, 4.69) is 9.97 Å². The van der Waals surface area contributed by atoms with Gasteiger partial charge in [-0.05, 0) is 30.0 Å². The number of nitrogens with zero attached hydrogens (tertiary/aromatic N) is 2. The maximum Gasteiger partial charge on any atom is 0.187 e. The van der Waals surface area contributed by atoms with Crippen LogP contribution in [0.5, 0.6) is 0 Å². The molecule has 0 spiro atoms. The zero-order chi connectivity index (χ0) is 13.7. The third-order valence-corrected chi connectivity index (χ3v) is 3.58. The van der Waals surface area contributed by atoms with Gasteiger partial charge in [0.05, 0.1) is 0 Å². The maximum atomic E-state index is 11.3. The van der Waals surface area contributed by atoms with Crippen molar-refractivity contribution in [2.75, 3.05) is 6.26 Å². The van der Waals surface area contributed by atoms with E-state index in [4.69, 9.17) is 11.6 Å². The van der Waals surface area contributed by atoms with Gasteiger partial charge >= 0.3 is 0 Å². The zero-order valence-electron chi connectivity index (χ0n) is 10.4. The van der Waals surface area contributed by atoms with Gasteiger partial charge in [0.15, 0.2) is 5.16 Å². The summed E-state index contributed by atoms with van der Waals surface area (Å²) in [4.78, 5) is 19.8. The third-order valence-electron chi connectivity index (χ3n) is 2.77. The topological polar surface area (TPSA) is 42.9 Å². The van der Waals surface area contributed by atoms with Crippen molar-refractivity contribution in [1.82, 2.24) is 9.97 Å². The minimum atomic E-state index is -0.207. The Labute approximate surface area is 121 Å². The Morgan fingerprint density at radius 3 is 2.68 bits per heavy atom. The molecule has 98 valence electrons. The summed E-state index contributed by atoms with van der Waals surface area (Å²) >= 11 is 7.34. The first-order valence-electron chi connectivity index (χ1n) is 5.79. The standard InChI is InChI=1S/C14H13ClN2OS/c1-19-14-16-7-6-13(17-14)8-11(9-18)10-2-4-12(15)5-3-10/h2-7,9,11H,8H2,1H3. The third kappa shape index (κ3) is 3.78. The Balaban J connectivity index is 2.18. The smallest absolute Gasteiger partial charge is 0.187 e. The van der Waals surface area contributed by atoms with Crippen LogP contribution in [0, 0.1) is 0 Å². The Bertz CT molecular complexity index is 560. The van der Waals surface area contributed by atoms with E-state index in [1.165, 1.54) is 11.8 Å². The summed E-state index contributed by atoms with van der Waals surface area (Å²) in [7, 11) is 0. The number of aldehydes is 1. The lowest BCUT2D eigenvalue weighted by atomic mass is 9.96. The second-order valence-corrected chi connectivity index (χ2v) is 5.24. The molecule has 0 fully saturated rings. The minimum absolute atomic E-state index is 0.207. The summed E-state index contributed by atoms with van der Waals surface area (Å²) in [6.45, 7) is 0. The molecule has 0 amide bonds. The second-order valence-electron chi connectivity index (χ2n) is 4.03. The zero-order valence-corrected chi connectivity index (χ0v) is 12.0. The van der Waals surface area contributed by atoms with Crippen molar-refractivity contribution in [3.63, 3.8) is 0 Å². The summed E-state index contributed by atoms with van der Waals surface area (Å²) in [5, 5.41) is 1.39. The lowest BCUT2D eigenvalue weighted by Gasteiger charge is -2.10. The second kappa shape index (κ2) is 6.68. The number of carbonyl (C=O) groups excluding carboxylic acids is 1. The fourth-order valence-electron chi connectivity index (χ4n) is 1.77. The van der Waals surface area contributed by atoms with Crippen LogP contribution >= 0.6 is 23.4 Å². The number of aromatic nitrogens is 2. The fourth-order valence-corrected chi connectivity index (χ4v) is 2.27. The molecule has 1 aromatic carbocycles. The molecule has 0 N–H and O–H groups in total. The molecule has 0 bridgehead atoms. The highest BCUT2D eigenvalue weighted by molar-refractivity contribution is 7.98. The molecule has 1 atom stereocenters. The average molecular weight is 293 g/mol. The van der Waals surface area contributed by atoms with Crippen molar-refractivity contribution >= 4 is 29.6 Å². The van der Waals surface area contributed by atoms with Crippen LogP contribution in [-0.4, -0.2) is 22.5 Å². The van der Waals surface area contributed by atoms with E-state index in [-0.39, 0.29) is 5.92 Å². The predicted molar refractivity (Wildman–Crippen MR) is 77.8 cm³/mol. The molecule has 2 aromatic rings. The Hall–Kier alpha value is -1.39. The van der Waals surface area contributed by atoms with Gasteiger partial charge in [-0.1, -0.05) is 35.5 Å². The molecule has 0 saturated heterocycles. The van der Waals surface area contributed by atoms with E-state index in [9.17, 15) is 4.79 Å². The molecule has 1 aromatic heterocycles. The molecule has 2 rings (SSSR count). The van der Waals surface area contributed by atoms with Crippen molar-refractivity contribution in [2.24, 2.45) is 0 Å². The van der Waals surface area contributed by atoms with Crippen LogP contribution in [0.3, 0.4) is 0 Å². The van der Waals surface area contributed by atoms with Gasteiger partial charge in [-0.2, -0.15) is 0 Å². The van der Waals surface area contributed by atoms with Crippen molar-refractivity contribution < 1.29 is 4.79 Å². The number of hydrogen-bond acceptors (Lipinski definition) is 4. The molecule has 0 aliphatic carbocycles. The largest absolute Gasteiger partial charge is 0.303 e. The summed E-state index contributed by atoms with van der Waals surface area (Å²) in [5.74, 6) is -0.207. The van der Waals surface area contributed by atoms with E-state index < -0.39 is 0 Å². The van der Waals surface area contributed by atoms with Gasteiger partial charge in [0.25, 0.3) is 0 Å². The molecule has 3 nitrogen and oxygen atoms in total. The van der Waals surface area contributed by atoms with Crippen LogP contribution in [0.2, 0.25) is 5.02 Å². The molecule has 1 unspecified atom stereocenters. The Kier molecular flexibility index (Phi) is 4.93. The van der Waals surface area contributed by atoms with Crippen LogP contribution < -0.4 is 0 Å². The van der Waals surface area contributed by atoms with Crippen LogP contribution in [0.15, 0.2) is 41.7 Å². The molecule has 1 heterocycles. The summed E-state index contributed by atoms with van der Waals surface area (Å²) in [6.07, 6.45) is 5.17. The summed E-state index contributed by atoms with van der Waals surface area (Å²) < 4.78 is 0. The molecule has 0 aliphatic rings. The van der Waals surface area contributed by atoms with E-state index in [1.807, 2.05) is 24.5 Å². The van der Waals surface area contributed by atoms with Crippen molar-refractivity contribution in [2.45, 2.75) is 17.5 Å².